The van der Waals surface area contributed by atoms with Crippen molar-refractivity contribution in [2.45, 2.75) is 24.3 Å². The molecule has 0 unspecified atom stereocenters. The summed E-state index contributed by atoms with van der Waals surface area (Å²) in [6, 6.07) is 13.5. The van der Waals surface area contributed by atoms with Gasteiger partial charge >= 0.3 is 0 Å². The minimum atomic E-state index is -3.46. The van der Waals surface area contributed by atoms with E-state index in [9.17, 15) is 13.2 Å². The molecule has 1 heterocycles. The van der Waals surface area contributed by atoms with Crippen LogP contribution in [0.5, 0.6) is 0 Å². The number of carbonyl (C=O) groups excluding carboxylic acids is 1. The number of halogens is 1. The highest BCUT2D eigenvalue weighted by molar-refractivity contribution is 7.89. The standard InChI is InChI=1S/C19H21ClN2O3S/c1-21(14-15-4-8-17(20)9-5-15)19(23)16-6-10-18(11-7-16)26(24,25)22-12-2-3-13-22/h4-11H,2-3,12-14H2,1H3. The highest BCUT2D eigenvalue weighted by atomic mass is 35.5. The second kappa shape index (κ2) is 7.78. The van der Waals surface area contributed by atoms with Crippen molar-refractivity contribution < 1.29 is 13.2 Å². The molecule has 1 amide bonds. The number of benzene rings is 2. The first kappa shape index (κ1) is 18.9. The second-order valence-corrected chi connectivity index (χ2v) is 8.80. The summed E-state index contributed by atoms with van der Waals surface area (Å²) >= 11 is 5.87. The zero-order valence-electron chi connectivity index (χ0n) is 14.6. The number of hydrogen-bond acceptors (Lipinski definition) is 3. The molecule has 0 atom stereocenters. The fourth-order valence-corrected chi connectivity index (χ4v) is 4.65. The van der Waals surface area contributed by atoms with E-state index in [-0.39, 0.29) is 10.8 Å². The smallest absolute Gasteiger partial charge is 0.253 e. The fraction of sp³-hybridized carbons (Fsp3) is 0.316. The zero-order valence-corrected chi connectivity index (χ0v) is 16.1. The fourth-order valence-electron chi connectivity index (χ4n) is 3.00. The SMILES string of the molecule is CN(Cc1ccc(Cl)cc1)C(=O)c1ccc(S(=O)(=O)N2CCCC2)cc1. The Balaban J connectivity index is 1.71. The van der Waals surface area contributed by atoms with Crippen molar-refractivity contribution in [1.82, 2.24) is 9.21 Å². The molecule has 0 bridgehead atoms. The molecule has 1 aliphatic rings. The Hall–Kier alpha value is -1.89. The van der Waals surface area contributed by atoms with Gasteiger partial charge in [0, 0.05) is 37.3 Å². The summed E-state index contributed by atoms with van der Waals surface area (Å²) in [6.45, 7) is 1.57. The van der Waals surface area contributed by atoms with Gasteiger partial charge in [0.05, 0.1) is 4.90 Å². The number of nitrogens with zero attached hydrogens (tertiary/aromatic N) is 2. The van der Waals surface area contributed by atoms with Crippen LogP contribution in [0.3, 0.4) is 0 Å². The van der Waals surface area contributed by atoms with Gasteiger partial charge in [-0.1, -0.05) is 23.7 Å². The van der Waals surface area contributed by atoms with Gasteiger partial charge in [-0.25, -0.2) is 8.42 Å². The van der Waals surface area contributed by atoms with Gasteiger partial charge in [-0.2, -0.15) is 4.31 Å². The van der Waals surface area contributed by atoms with E-state index < -0.39 is 10.0 Å². The first-order valence-corrected chi connectivity index (χ1v) is 10.3. The van der Waals surface area contributed by atoms with Crippen LogP contribution in [-0.2, 0) is 16.6 Å². The van der Waals surface area contributed by atoms with Crippen LogP contribution in [-0.4, -0.2) is 43.7 Å². The van der Waals surface area contributed by atoms with E-state index in [1.807, 2.05) is 12.1 Å². The van der Waals surface area contributed by atoms with E-state index >= 15 is 0 Å². The van der Waals surface area contributed by atoms with Gasteiger partial charge in [0.15, 0.2) is 0 Å². The van der Waals surface area contributed by atoms with Gasteiger partial charge in [0.2, 0.25) is 10.0 Å². The van der Waals surface area contributed by atoms with Crippen molar-refractivity contribution in [3.63, 3.8) is 0 Å². The topological polar surface area (TPSA) is 57.7 Å². The van der Waals surface area contributed by atoms with Crippen LogP contribution in [0.4, 0.5) is 0 Å². The van der Waals surface area contributed by atoms with E-state index in [1.54, 1.807) is 36.2 Å². The van der Waals surface area contributed by atoms with Gasteiger partial charge < -0.3 is 4.90 Å². The molecule has 7 heteroatoms. The van der Waals surface area contributed by atoms with Crippen molar-refractivity contribution in [3.8, 4) is 0 Å². The molecular weight excluding hydrogens is 372 g/mol. The molecule has 0 aromatic heterocycles. The van der Waals surface area contributed by atoms with Gasteiger partial charge in [-0.05, 0) is 54.8 Å². The minimum Gasteiger partial charge on any atom is -0.337 e. The van der Waals surface area contributed by atoms with Gasteiger partial charge in [-0.15, -0.1) is 0 Å². The van der Waals surface area contributed by atoms with Gasteiger partial charge in [-0.3, -0.25) is 4.79 Å². The monoisotopic (exact) mass is 392 g/mol. The van der Waals surface area contributed by atoms with Crippen molar-refractivity contribution in [1.29, 1.82) is 0 Å². The summed E-state index contributed by atoms with van der Waals surface area (Å²) in [6.07, 6.45) is 1.79. The summed E-state index contributed by atoms with van der Waals surface area (Å²) in [5, 5.41) is 0.650. The molecule has 0 saturated carbocycles. The van der Waals surface area contributed by atoms with Crippen molar-refractivity contribution in [2.24, 2.45) is 0 Å². The molecule has 3 rings (SSSR count). The quantitative estimate of drug-likeness (QED) is 0.783. The second-order valence-electron chi connectivity index (χ2n) is 6.42. The minimum absolute atomic E-state index is 0.162. The molecule has 0 N–H and O–H groups in total. The van der Waals surface area contributed by atoms with Crippen molar-refractivity contribution in [2.75, 3.05) is 20.1 Å². The van der Waals surface area contributed by atoms with E-state index in [4.69, 9.17) is 11.6 Å². The van der Waals surface area contributed by atoms with E-state index in [2.05, 4.69) is 0 Å². The van der Waals surface area contributed by atoms with Gasteiger partial charge in [0.1, 0.15) is 0 Å². The van der Waals surface area contributed by atoms with Crippen LogP contribution in [0.1, 0.15) is 28.8 Å². The Morgan fingerprint density at radius 2 is 1.62 bits per heavy atom. The first-order valence-electron chi connectivity index (χ1n) is 8.48. The zero-order chi connectivity index (χ0) is 18.7. The maximum absolute atomic E-state index is 12.6. The third-order valence-corrected chi connectivity index (χ3v) is 6.65. The van der Waals surface area contributed by atoms with Crippen LogP contribution < -0.4 is 0 Å². The summed E-state index contributed by atoms with van der Waals surface area (Å²) in [7, 11) is -1.74. The highest BCUT2D eigenvalue weighted by Gasteiger charge is 2.27. The van der Waals surface area contributed by atoms with Crippen LogP contribution in [0, 0.1) is 0 Å². The van der Waals surface area contributed by atoms with E-state index in [0.717, 1.165) is 18.4 Å². The lowest BCUT2D eigenvalue weighted by Crippen LogP contribution is -2.28. The lowest BCUT2D eigenvalue weighted by molar-refractivity contribution is 0.0785. The molecular formula is C19H21ClN2O3S. The van der Waals surface area contributed by atoms with Crippen molar-refractivity contribution >= 4 is 27.5 Å². The maximum Gasteiger partial charge on any atom is 0.253 e. The Morgan fingerprint density at radius 1 is 1.04 bits per heavy atom. The Kier molecular flexibility index (Phi) is 5.65. The summed E-state index contributed by atoms with van der Waals surface area (Å²) in [5.41, 5.74) is 1.43. The Morgan fingerprint density at radius 3 is 2.19 bits per heavy atom. The highest BCUT2D eigenvalue weighted by Crippen LogP contribution is 2.21. The third kappa shape index (κ3) is 4.09. The molecule has 5 nitrogen and oxygen atoms in total. The molecule has 1 aliphatic heterocycles. The molecule has 1 fully saturated rings. The first-order chi connectivity index (χ1) is 12.4. The summed E-state index contributed by atoms with van der Waals surface area (Å²) in [5.74, 6) is -0.162. The molecule has 0 aliphatic carbocycles. The summed E-state index contributed by atoms with van der Waals surface area (Å²) < 4.78 is 26.6. The maximum atomic E-state index is 12.6. The van der Waals surface area contributed by atoms with Crippen LogP contribution >= 0.6 is 11.6 Å². The largest absolute Gasteiger partial charge is 0.337 e. The normalized spacial score (nSPS) is 15.2. The number of rotatable bonds is 5. The molecule has 2 aromatic carbocycles. The molecule has 26 heavy (non-hydrogen) atoms. The number of sulfonamides is 1. The molecule has 0 radical (unpaired) electrons. The van der Waals surface area contributed by atoms with Crippen LogP contribution in [0.2, 0.25) is 5.02 Å². The molecule has 0 spiro atoms. The number of hydrogen-bond donors (Lipinski definition) is 0. The Labute approximate surface area is 159 Å². The molecule has 138 valence electrons. The Bertz CT molecular complexity index is 874. The summed E-state index contributed by atoms with van der Waals surface area (Å²) in [4.78, 5) is 14.4. The number of carbonyl (C=O) groups is 1. The van der Waals surface area contributed by atoms with E-state index in [1.165, 1.54) is 16.4 Å². The average Bonchev–Trinajstić information content (AvgIpc) is 3.18. The third-order valence-electron chi connectivity index (χ3n) is 4.48. The lowest BCUT2D eigenvalue weighted by Gasteiger charge is -2.18. The predicted octanol–water partition coefficient (Wildman–Crippen LogP) is 3.40. The lowest BCUT2D eigenvalue weighted by atomic mass is 10.1. The van der Waals surface area contributed by atoms with Crippen LogP contribution in [0.25, 0.3) is 0 Å². The predicted molar refractivity (Wildman–Crippen MR) is 102 cm³/mol. The van der Waals surface area contributed by atoms with Crippen molar-refractivity contribution in [3.05, 3.63) is 64.7 Å². The van der Waals surface area contributed by atoms with Gasteiger partial charge in [0.25, 0.3) is 5.91 Å². The van der Waals surface area contributed by atoms with E-state index in [0.29, 0.717) is 30.2 Å². The number of amides is 1. The molecule has 2 aromatic rings. The molecule has 1 saturated heterocycles. The average molecular weight is 393 g/mol. The van der Waals surface area contributed by atoms with Crippen LogP contribution in [0.15, 0.2) is 53.4 Å².